The van der Waals surface area contributed by atoms with Gasteiger partial charge in [0, 0.05) is 59.0 Å². The van der Waals surface area contributed by atoms with Crippen molar-refractivity contribution in [2.75, 3.05) is 20.1 Å². The van der Waals surface area contributed by atoms with E-state index >= 15 is 0 Å². The summed E-state index contributed by atoms with van der Waals surface area (Å²) in [5.41, 5.74) is 8.09. The zero-order valence-corrected chi connectivity index (χ0v) is 26.0. The van der Waals surface area contributed by atoms with Crippen LogP contribution in [0.5, 0.6) is 0 Å². The molecule has 5 nitrogen and oxygen atoms in total. The van der Waals surface area contributed by atoms with Gasteiger partial charge in [0.1, 0.15) is 5.41 Å². The minimum atomic E-state index is -0.824. The van der Waals surface area contributed by atoms with Crippen LogP contribution in [-0.4, -0.2) is 53.4 Å². The zero-order chi connectivity index (χ0) is 29.4. The lowest BCUT2D eigenvalue weighted by atomic mass is 9.87. The number of hydrogen-bond donors (Lipinski definition) is 1. The molecule has 1 aliphatic carbocycles. The summed E-state index contributed by atoms with van der Waals surface area (Å²) in [4.78, 5) is 30.6. The molecule has 0 radical (unpaired) electrons. The number of carbonyl (C=O) groups is 2. The molecule has 216 valence electrons. The van der Waals surface area contributed by atoms with E-state index in [2.05, 4.69) is 17.0 Å². The number of likely N-dealkylation sites (N-methyl/N-ethyl adjacent to an activating group) is 1. The average Bonchev–Trinajstić information content (AvgIpc) is 3.74. The Morgan fingerprint density at radius 2 is 1.54 bits per heavy atom. The molecule has 0 aromatic heterocycles. The predicted octanol–water partition coefficient (Wildman–Crippen LogP) is 7.07. The van der Waals surface area contributed by atoms with Crippen molar-refractivity contribution >= 4 is 58.2 Å². The Bertz CT molecular complexity index is 1440. The summed E-state index contributed by atoms with van der Waals surface area (Å²) in [6, 6.07) is 19.9. The number of quaternary nitrogens is 1. The maximum Gasteiger partial charge on any atom is 0.325 e. The molecule has 9 heteroatoms. The van der Waals surface area contributed by atoms with Gasteiger partial charge in [-0.05, 0) is 53.8 Å². The topological polar surface area (TPSA) is 63.4 Å². The molecule has 1 saturated heterocycles. The van der Waals surface area contributed by atoms with Gasteiger partial charge in [-0.15, -0.1) is 0 Å². The lowest BCUT2D eigenvalue weighted by Gasteiger charge is -2.48. The summed E-state index contributed by atoms with van der Waals surface area (Å²) < 4.78 is -0.105. The van der Waals surface area contributed by atoms with Crippen molar-refractivity contribution in [1.82, 2.24) is 4.90 Å². The van der Waals surface area contributed by atoms with Gasteiger partial charge in [0.05, 0.1) is 13.1 Å². The molecule has 2 aliphatic rings. The molecule has 0 bridgehead atoms. The second-order valence-electron chi connectivity index (χ2n) is 11.5. The summed E-state index contributed by atoms with van der Waals surface area (Å²) in [6.07, 6.45) is 3.03. The van der Waals surface area contributed by atoms with Gasteiger partial charge in [-0.1, -0.05) is 88.9 Å². The summed E-state index contributed by atoms with van der Waals surface area (Å²) >= 11 is 25.6. The van der Waals surface area contributed by atoms with Gasteiger partial charge in [-0.2, -0.15) is 0 Å². The molecule has 2 fully saturated rings. The molecular weight excluding hydrogens is 600 g/mol. The van der Waals surface area contributed by atoms with Gasteiger partial charge < -0.3 is 5.73 Å². The van der Waals surface area contributed by atoms with Crippen LogP contribution in [0.3, 0.4) is 0 Å². The van der Waals surface area contributed by atoms with Gasteiger partial charge in [-0.3, -0.25) is 9.69 Å². The number of amides is 2. The number of hydrogen-bond acceptors (Lipinski definition) is 3. The molecule has 2 atom stereocenters. The first-order chi connectivity index (χ1) is 19.5. The molecule has 2 amide bonds. The smallest absolute Gasteiger partial charge is 0.325 e. The van der Waals surface area contributed by atoms with Crippen molar-refractivity contribution in [1.29, 1.82) is 0 Å². The standard InChI is InChI=1S/C32H33Cl4N3O2/c1-39(29(30(37)40)17-22-7-8-23(33)18-27(22)35,25-11-15-38(16-12-25)20-21-5-3-2-4-6-21)31(41)32(13-14-32)26-10-9-24(34)19-28(26)36/h2-10,18-19,25,29H,11-17,20H2,1H3,(H-,37,40)/p+1/t29-,39?/m0/s1. The van der Waals surface area contributed by atoms with E-state index in [1.165, 1.54) is 5.56 Å². The number of carbonyl (C=O) groups excluding carboxylic acids is 2. The number of nitrogens with zero attached hydrogens (tertiary/aromatic N) is 2. The summed E-state index contributed by atoms with van der Waals surface area (Å²) in [5, 5.41) is 1.92. The average molecular weight is 634 g/mol. The maximum atomic E-state index is 14.9. The molecule has 3 aromatic rings. The third kappa shape index (κ3) is 6.17. The Balaban J connectivity index is 1.50. The van der Waals surface area contributed by atoms with Crippen LogP contribution in [0.1, 0.15) is 42.4 Å². The Morgan fingerprint density at radius 3 is 2.10 bits per heavy atom. The fourth-order valence-corrected chi connectivity index (χ4v) is 7.60. The third-order valence-corrected chi connectivity index (χ3v) is 10.1. The Hall–Kier alpha value is -2.12. The summed E-state index contributed by atoms with van der Waals surface area (Å²) in [6.45, 7) is 2.46. The van der Waals surface area contributed by atoms with Gasteiger partial charge >= 0.3 is 5.91 Å². The number of nitrogens with two attached hydrogens (primary N) is 1. The van der Waals surface area contributed by atoms with Crippen LogP contribution in [-0.2, 0) is 28.0 Å². The number of likely N-dealkylation sites (tertiary alicyclic amines) is 1. The normalized spacial score (nSPS) is 19.3. The van der Waals surface area contributed by atoms with E-state index < -0.39 is 17.4 Å². The van der Waals surface area contributed by atoms with Crippen molar-refractivity contribution in [3.8, 4) is 0 Å². The maximum absolute atomic E-state index is 14.9. The van der Waals surface area contributed by atoms with E-state index in [1.54, 1.807) is 30.3 Å². The predicted molar refractivity (Wildman–Crippen MR) is 166 cm³/mol. The van der Waals surface area contributed by atoms with Crippen LogP contribution in [0.2, 0.25) is 20.1 Å². The van der Waals surface area contributed by atoms with Gasteiger partial charge in [-0.25, -0.2) is 9.28 Å². The van der Waals surface area contributed by atoms with E-state index in [-0.39, 0.29) is 22.9 Å². The zero-order valence-electron chi connectivity index (χ0n) is 23.0. The SMILES string of the molecule is C[N+](C(=O)C1(c2ccc(Cl)cc2Cl)CC1)(C1CCN(Cc2ccccc2)CC1)[C@@H](Cc1ccc(Cl)cc1Cl)C(N)=O. The number of halogens is 4. The van der Waals surface area contributed by atoms with Crippen molar-refractivity contribution in [2.24, 2.45) is 5.73 Å². The van der Waals surface area contributed by atoms with Crippen molar-refractivity contribution < 1.29 is 14.1 Å². The largest absolute Gasteiger partial charge is 0.364 e. The van der Waals surface area contributed by atoms with E-state index in [0.29, 0.717) is 32.9 Å². The highest BCUT2D eigenvalue weighted by Gasteiger charge is 2.64. The molecule has 2 N–H and O–H groups in total. The minimum Gasteiger partial charge on any atom is -0.364 e. The molecular formula is C32H34Cl4N3O2+. The fraction of sp³-hybridized carbons (Fsp3) is 0.375. The van der Waals surface area contributed by atoms with Crippen molar-refractivity contribution in [2.45, 2.75) is 56.1 Å². The van der Waals surface area contributed by atoms with Gasteiger partial charge in [0.2, 0.25) is 0 Å². The van der Waals surface area contributed by atoms with E-state index in [1.807, 2.05) is 31.3 Å². The minimum absolute atomic E-state index is 0.0304. The van der Waals surface area contributed by atoms with Crippen LogP contribution in [0.25, 0.3) is 0 Å². The lowest BCUT2D eigenvalue weighted by molar-refractivity contribution is -0.878. The molecule has 1 saturated carbocycles. The number of rotatable bonds is 9. The van der Waals surface area contributed by atoms with Gasteiger partial charge in [0.15, 0.2) is 6.04 Å². The first-order valence-electron chi connectivity index (χ1n) is 13.9. The number of piperidine rings is 1. The highest BCUT2D eigenvalue weighted by atomic mass is 35.5. The molecule has 0 spiro atoms. The van der Waals surface area contributed by atoms with Crippen molar-refractivity contribution in [3.63, 3.8) is 0 Å². The van der Waals surface area contributed by atoms with Crippen LogP contribution >= 0.6 is 46.4 Å². The molecule has 1 aliphatic heterocycles. The highest BCUT2D eigenvalue weighted by Crippen LogP contribution is 2.54. The second-order valence-corrected chi connectivity index (χ2v) is 13.2. The highest BCUT2D eigenvalue weighted by molar-refractivity contribution is 6.35. The fourth-order valence-electron chi connectivity index (χ4n) is 6.53. The Morgan fingerprint density at radius 1 is 0.927 bits per heavy atom. The second kappa shape index (κ2) is 12.2. The molecule has 41 heavy (non-hydrogen) atoms. The van der Waals surface area contributed by atoms with E-state index in [0.717, 1.165) is 43.6 Å². The van der Waals surface area contributed by atoms with Crippen LogP contribution < -0.4 is 5.73 Å². The van der Waals surface area contributed by atoms with Gasteiger partial charge in [0.25, 0.3) is 5.91 Å². The van der Waals surface area contributed by atoms with E-state index in [9.17, 15) is 9.59 Å². The summed E-state index contributed by atoms with van der Waals surface area (Å²) in [7, 11) is 1.89. The quantitative estimate of drug-likeness (QED) is 0.257. The van der Waals surface area contributed by atoms with Crippen LogP contribution in [0.4, 0.5) is 0 Å². The number of primary amides is 1. The molecule has 1 unspecified atom stereocenters. The van der Waals surface area contributed by atoms with E-state index in [4.69, 9.17) is 52.1 Å². The third-order valence-electron chi connectivity index (χ3n) is 9.01. The number of benzene rings is 3. The monoisotopic (exact) mass is 632 g/mol. The Labute approximate surface area is 261 Å². The first-order valence-corrected chi connectivity index (χ1v) is 15.4. The molecule has 3 aromatic carbocycles. The van der Waals surface area contributed by atoms with Crippen LogP contribution in [0.15, 0.2) is 66.7 Å². The molecule has 1 heterocycles. The molecule has 5 rings (SSSR count). The van der Waals surface area contributed by atoms with Crippen molar-refractivity contribution in [3.05, 3.63) is 104 Å². The lowest BCUT2D eigenvalue weighted by Crippen LogP contribution is -2.70. The first kappa shape index (κ1) is 30.3. The Kier molecular flexibility index (Phi) is 9.06. The summed E-state index contributed by atoms with van der Waals surface area (Å²) in [5.74, 6) is -0.561. The van der Waals surface area contributed by atoms with Crippen LogP contribution in [0, 0.1) is 0 Å².